The maximum absolute atomic E-state index is 14.1. The fraction of sp³-hybridized carbons (Fsp3) is 0.345. The molecule has 0 aromatic heterocycles. The summed E-state index contributed by atoms with van der Waals surface area (Å²) < 4.78 is 19.5. The van der Waals surface area contributed by atoms with Crippen molar-refractivity contribution in [3.63, 3.8) is 0 Å². The average molecular weight is 445 g/mol. The summed E-state index contributed by atoms with van der Waals surface area (Å²) in [6.07, 6.45) is 10.0. The molecule has 2 fully saturated rings. The summed E-state index contributed by atoms with van der Waals surface area (Å²) in [5.41, 5.74) is 6.30. The van der Waals surface area contributed by atoms with Crippen LogP contribution in [0.1, 0.15) is 55.2 Å². The zero-order valence-corrected chi connectivity index (χ0v) is 18.9. The minimum absolute atomic E-state index is 0.0524. The molecule has 33 heavy (non-hydrogen) atoms. The molecule has 1 heterocycles. The molecule has 2 aromatic carbocycles. The monoisotopic (exact) mass is 444 g/mol. The van der Waals surface area contributed by atoms with Crippen LogP contribution in [0.5, 0.6) is 0 Å². The molecule has 0 amide bonds. The second-order valence-corrected chi connectivity index (χ2v) is 9.49. The molecule has 1 saturated heterocycles. The van der Waals surface area contributed by atoms with Crippen molar-refractivity contribution in [1.29, 1.82) is 0 Å². The van der Waals surface area contributed by atoms with E-state index >= 15 is 0 Å². The second-order valence-electron chi connectivity index (χ2n) is 9.49. The highest BCUT2D eigenvalue weighted by Crippen LogP contribution is 2.60. The fourth-order valence-electron chi connectivity index (χ4n) is 5.69. The van der Waals surface area contributed by atoms with E-state index in [0.717, 1.165) is 36.8 Å². The first-order valence-electron chi connectivity index (χ1n) is 11.8. The molecule has 170 valence electrons. The van der Waals surface area contributed by atoms with Gasteiger partial charge in [0.25, 0.3) is 0 Å². The highest BCUT2D eigenvalue weighted by Gasteiger charge is 2.45. The van der Waals surface area contributed by atoms with Crippen LogP contribution in [0.15, 0.2) is 72.3 Å². The smallest absolute Gasteiger partial charge is 0.309 e. The van der Waals surface area contributed by atoms with Crippen molar-refractivity contribution in [3.8, 4) is 0 Å². The predicted octanol–water partition coefficient (Wildman–Crippen LogP) is 6.17. The molecule has 2 aromatic rings. The first-order chi connectivity index (χ1) is 16.0. The summed E-state index contributed by atoms with van der Waals surface area (Å²) in [4.78, 5) is 11.8. The highest BCUT2D eigenvalue weighted by molar-refractivity contribution is 5.97. The third-order valence-corrected chi connectivity index (χ3v) is 7.29. The summed E-state index contributed by atoms with van der Waals surface area (Å²) in [6, 6.07) is 15.8. The largest absolute Gasteiger partial charge is 0.458 e. The number of hydrogen-bond donors (Lipinski definition) is 1. The van der Waals surface area contributed by atoms with Gasteiger partial charge in [0.1, 0.15) is 11.9 Å². The molecular weight excluding hydrogens is 415 g/mol. The lowest BCUT2D eigenvalue weighted by molar-refractivity contribution is -0.156. The van der Waals surface area contributed by atoms with E-state index in [0.29, 0.717) is 12.0 Å². The van der Waals surface area contributed by atoms with E-state index in [4.69, 9.17) is 4.74 Å². The maximum atomic E-state index is 14.1. The quantitative estimate of drug-likeness (QED) is 0.574. The van der Waals surface area contributed by atoms with Crippen LogP contribution >= 0.6 is 0 Å². The van der Waals surface area contributed by atoms with Crippen molar-refractivity contribution in [1.82, 2.24) is 0 Å². The zero-order chi connectivity index (χ0) is 23.0. The molecule has 1 spiro atoms. The first-order valence-corrected chi connectivity index (χ1v) is 11.8. The molecule has 1 N–H and O–H groups in total. The van der Waals surface area contributed by atoms with Gasteiger partial charge in [0.15, 0.2) is 0 Å². The van der Waals surface area contributed by atoms with E-state index < -0.39 is 12.2 Å². The SMILES string of the molecule is Cc1cc(C2=C(C=C[C@@H]3C[C@@H](O)CC(=O)O3)C3(CCCC3)C(c3ccccc3)=C2)ccc1F. The summed E-state index contributed by atoms with van der Waals surface area (Å²) in [5, 5.41) is 10.0. The minimum Gasteiger partial charge on any atom is -0.458 e. The Morgan fingerprint density at radius 1 is 1.09 bits per heavy atom. The number of carbonyl (C=O) groups is 1. The van der Waals surface area contributed by atoms with Gasteiger partial charge >= 0.3 is 5.97 Å². The normalized spacial score (nSPS) is 24.6. The van der Waals surface area contributed by atoms with Gasteiger partial charge in [-0.15, -0.1) is 0 Å². The van der Waals surface area contributed by atoms with Crippen LogP contribution in [0.25, 0.3) is 11.1 Å². The summed E-state index contributed by atoms with van der Waals surface area (Å²) in [5.74, 6) is -0.572. The Morgan fingerprint density at radius 2 is 1.85 bits per heavy atom. The van der Waals surface area contributed by atoms with Gasteiger partial charge in [0.2, 0.25) is 0 Å². The van der Waals surface area contributed by atoms with Gasteiger partial charge in [-0.3, -0.25) is 4.79 Å². The van der Waals surface area contributed by atoms with E-state index in [-0.39, 0.29) is 23.6 Å². The van der Waals surface area contributed by atoms with Gasteiger partial charge in [0, 0.05) is 11.8 Å². The summed E-state index contributed by atoms with van der Waals surface area (Å²) in [7, 11) is 0. The molecule has 3 aliphatic rings. The highest BCUT2D eigenvalue weighted by atomic mass is 19.1. The lowest BCUT2D eigenvalue weighted by atomic mass is 9.72. The third kappa shape index (κ3) is 4.08. The third-order valence-electron chi connectivity index (χ3n) is 7.29. The van der Waals surface area contributed by atoms with E-state index in [1.807, 2.05) is 24.3 Å². The second kappa shape index (κ2) is 8.75. The molecule has 0 unspecified atom stereocenters. The van der Waals surface area contributed by atoms with Crippen LogP contribution in [0.2, 0.25) is 0 Å². The molecule has 2 aliphatic carbocycles. The van der Waals surface area contributed by atoms with Gasteiger partial charge in [-0.1, -0.05) is 55.3 Å². The molecule has 5 rings (SSSR count). The Hall–Kier alpha value is -2.98. The Balaban J connectivity index is 1.63. The van der Waals surface area contributed by atoms with E-state index in [1.165, 1.54) is 22.8 Å². The number of hydrogen-bond acceptors (Lipinski definition) is 3. The van der Waals surface area contributed by atoms with Crippen LogP contribution in [-0.2, 0) is 9.53 Å². The number of esters is 1. The number of halogens is 1. The first kappa shape index (κ1) is 21.8. The Morgan fingerprint density at radius 3 is 2.55 bits per heavy atom. The molecule has 1 saturated carbocycles. The zero-order valence-electron chi connectivity index (χ0n) is 18.9. The minimum atomic E-state index is -0.670. The topological polar surface area (TPSA) is 46.5 Å². The number of aliphatic hydroxyl groups is 1. The molecule has 2 atom stereocenters. The molecule has 0 radical (unpaired) electrons. The van der Waals surface area contributed by atoms with Crippen LogP contribution in [0, 0.1) is 18.2 Å². The number of cyclic esters (lactones) is 1. The van der Waals surface area contributed by atoms with Crippen molar-refractivity contribution in [2.75, 3.05) is 0 Å². The molecular formula is C29H29FO3. The van der Waals surface area contributed by atoms with Crippen LogP contribution < -0.4 is 0 Å². The summed E-state index contributed by atoms with van der Waals surface area (Å²) in [6.45, 7) is 1.79. The Kier molecular flexibility index (Phi) is 5.79. The van der Waals surface area contributed by atoms with Crippen molar-refractivity contribution >= 4 is 17.1 Å². The molecule has 1 aliphatic heterocycles. The van der Waals surface area contributed by atoms with E-state index in [2.05, 4.69) is 36.4 Å². The number of rotatable bonds is 4. The number of ether oxygens (including phenoxy) is 1. The van der Waals surface area contributed by atoms with E-state index in [1.54, 1.807) is 6.92 Å². The van der Waals surface area contributed by atoms with Gasteiger partial charge in [-0.05, 0) is 77.5 Å². The predicted molar refractivity (Wildman–Crippen MR) is 128 cm³/mol. The number of aryl methyl sites for hydroxylation is 1. The molecule has 0 bridgehead atoms. The Labute approximate surface area is 194 Å². The lowest BCUT2D eigenvalue weighted by Crippen LogP contribution is -2.31. The van der Waals surface area contributed by atoms with Gasteiger partial charge in [-0.25, -0.2) is 4.39 Å². The molecule has 4 heteroatoms. The van der Waals surface area contributed by atoms with Crippen molar-refractivity contribution in [3.05, 3.63) is 94.8 Å². The standard InChI is InChI=1S/C29H29FO3/c1-19-15-21(9-12-27(19)30)24-18-26(20-7-3-2-4-8-20)29(13-5-6-14-29)25(24)11-10-23-16-22(31)17-28(32)33-23/h2-4,7-12,15,18,22-23,31H,5-6,13-14,16-17H2,1H3/t22-,23-/m1/s1. The summed E-state index contributed by atoms with van der Waals surface area (Å²) >= 11 is 0. The number of benzene rings is 2. The van der Waals surface area contributed by atoms with Gasteiger partial charge < -0.3 is 9.84 Å². The number of carbonyl (C=O) groups excluding carboxylic acids is 1. The van der Waals surface area contributed by atoms with Crippen LogP contribution in [-0.4, -0.2) is 23.3 Å². The van der Waals surface area contributed by atoms with Gasteiger partial charge in [-0.2, -0.15) is 0 Å². The fourth-order valence-corrected chi connectivity index (χ4v) is 5.69. The van der Waals surface area contributed by atoms with Crippen LogP contribution in [0.4, 0.5) is 4.39 Å². The van der Waals surface area contributed by atoms with Crippen molar-refractivity contribution in [2.45, 2.75) is 57.7 Å². The lowest BCUT2D eigenvalue weighted by Gasteiger charge is -2.31. The maximum Gasteiger partial charge on any atom is 0.309 e. The van der Waals surface area contributed by atoms with Crippen molar-refractivity contribution < 1.29 is 19.0 Å². The average Bonchev–Trinajstić information content (AvgIpc) is 3.40. The molecule has 3 nitrogen and oxygen atoms in total. The van der Waals surface area contributed by atoms with E-state index in [9.17, 15) is 14.3 Å². The Bertz CT molecular complexity index is 1150. The van der Waals surface area contributed by atoms with Gasteiger partial charge in [0.05, 0.1) is 12.5 Å². The number of aliphatic hydroxyl groups excluding tert-OH is 1. The van der Waals surface area contributed by atoms with Crippen molar-refractivity contribution in [2.24, 2.45) is 5.41 Å². The number of allylic oxidation sites excluding steroid dienone is 5. The van der Waals surface area contributed by atoms with Crippen LogP contribution in [0.3, 0.4) is 0 Å².